The number of benzene rings is 1. The molecule has 0 spiro atoms. The number of carboxylic acid groups (broad SMARTS) is 1. The Morgan fingerprint density at radius 1 is 1.33 bits per heavy atom. The molecule has 1 aliphatic rings. The van der Waals surface area contributed by atoms with Crippen molar-refractivity contribution in [2.45, 2.75) is 38.5 Å². The van der Waals surface area contributed by atoms with E-state index in [0.717, 1.165) is 42.1 Å². The van der Waals surface area contributed by atoms with Gasteiger partial charge in [0, 0.05) is 11.6 Å². The fourth-order valence-corrected chi connectivity index (χ4v) is 3.58. The fraction of sp³-hybridized carbons (Fsp3) is 0.444. The van der Waals surface area contributed by atoms with Gasteiger partial charge in [-0.3, -0.25) is 9.78 Å². The first-order chi connectivity index (χ1) is 10.2. The molecule has 1 aliphatic carbocycles. The Morgan fingerprint density at radius 3 is 2.90 bits per heavy atom. The minimum Gasteiger partial charge on any atom is -0.481 e. The molecule has 1 saturated carbocycles. The smallest absolute Gasteiger partial charge is 0.307 e. The predicted octanol–water partition coefficient (Wildman–Crippen LogP) is 4.23. The van der Waals surface area contributed by atoms with Crippen molar-refractivity contribution in [2.75, 3.05) is 0 Å². The molecule has 0 bridgehead atoms. The van der Waals surface area contributed by atoms with Gasteiger partial charge in [-0.25, -0.2) is 0 Å². The van der Waals surface area contributed by atoms with E-state index in [1.54, 1.807) is 0 Å². The highest BCUT2D eigenvalue weighted by Gasteiger charge is 2.35. The second-order valence-electron chi connectivity index (χ2n) is 6.10. The molecule has 1 aromatic heterocycles. The van der Waals surface area contributed by atoms with Gasteiger partial charge in [-0.15, -0.1) is 0 Å². The molecule has 3 atom stereocenters. The number of carboxylic acids is 1. The van der Waals surface area contributed by atoms with Gasteiger partial charge in [0.2, 0.25) is 0 Å². The van der Waals surface area contributed by atoms with Crippen LogP contribution in [0.25, 0.3) is 10.9 Å². The van der Waals surface area contributed by atoms with Gasteiger partial charge in [0.05, 0.1) is 11.4 Å². The molecule has 3 unspecified atom stereocenters. The van der Waals surface area contributed by atoms with Crippen molar-refractivity contribution >= 4 is 16.9 Å². The number of nitrogens with zero attached hydrogens (tertiary/aromatic N) is 1. The molecular weight excluding hydrogens is 262 g/mol. The number of carbonyl (C=O) groups is 1. The summed E-state index contributed by atoms with van der Waals surface area (Å²) in [7, 11) is 0. The number of fused-ring (bicyclic) bond motifs is 1. The molecule has 0 aliphatic heterocycles. The lowest BCUT2D eigenvalue weighted by atomic mass is 9.70. The molecule has 0 radical (unpaired) electrons. The lowest BCUT2D eigenvalue weighted by Gasteiger charge is -2.33. The standard InChI is InChI=1S/C18H21NO2/c1-2-12-7-8-15(18(20)21)16(9-12)14-10-13-5-3-4-6-17(13)19-11-14/h3-6,10-12,15-16H,2,7-9H2,1H3,(H,20,21). The average Bonchev–Trinajstić information content (AvgIpc) is 2.53. The summed E-state index contributed by atoms with van der Waals surface area (Å²) < 4.78 is 0. The normalized spacial score (nSPS) is 25.9. The summed E-state index contributed by atoms with van der Waals surface area (Å²) in [6, 6.07) is 10.1. The molecule has 0 saturated heterocycles. The van der Waals surface area contributed by atoms with Gasteiger partial charge in [-0.1, -0.05) is 31.5 Å². The maximum atomic E-state index is 11.6. The molecule has 110 valence electrons. The Kier molecular flexibility index (Phi) is 3.91. The third kappa shape index (κ3) is 2.78. The van der Waals surface area contributed by atoms with Gasteiger partial charge in [0.15, 0.2) is 0 Å². The van der Waals surface area contributed by atoms with Gasteiger partial charge in [0.25, 0.3) is 0 Å². The Morgan fingerprint density at radius 2 is 2.14 bits per heavy atom. The fourth-order valence-electron chi connectivity index (χ4n) is 3.58. The largest absolute Gasteiger partial charge is 0.481 e. The number of aliphatic carboxylic acids is 1. The zero-order valence-corrected chi connectivity index (χ0v) is 12.3. The van der Waals surface area contributed by atoms with E-state index < -0.39 is 5.97 Å². The molecule has 1 N–H and O–H groups in total. The number of rotatable bonds is 3. The van der Waals surface area contributed by atoms with E-state index in [0.29, 0.717) is 5.92 Å². The molecule has 0 amide bonds. The zero-order chi connectivity index (χ0) is 14.8. The van der Waals surface area contributed by atoms with Crippen LogP contribution in [0.2, 0.25) is 0 Å². The molecule has 3 heteroatoms. The van der Waals surface area contributed by atoms with E-state index in [2.05, 4.69) is 18.0 Å². The third-order valence-electron chi connectivity index (χ3n) is 4.89. The summed E-state index contributed by atoms with van der Waals surface area (Å²) in [5.41, 5.74) is 2.05. The lowest BCUT2D eigenvalue weighted by molar-refractivity contribution is -0.143. The Bertz CT molecular complexity index is 652. The van der Waals surface area contributed by atoms with Crippen LogP contribution >= 0.6 is 0 Å². The van der Waals surface area contributed by atoms with E-state index >= 15 is 0 Å². The zero-order valence-electron chi connectivity index (χ0n) is 12.3. The minimum absolute atomic E-state index is 0.0957. The summed E-state index contributed by atoms with van der Waals surface area (Å²) in [4.78, 5) is 16.1. The van der Waals surface area contributed by atoms with Crippen molar-refractivity contribution in [3.63, 3.8) is 0 Å². The molecule has 1 fully saturated rings. The average molecular weight is 283 g/mol. The molecule has 3 rings (SSSR count). The number of pyridine rings is 1. The summed E-state index contributed by atoms with van der Waals surface area (Å²) in [6.45, 7) is 2.20. The predicted molar refractivity (Wildman–Crippen MR) is 83.2 cm³/mol. The molecule has 3 nitrogen and oxygen atoms in total. The first-order valence-corrected chi connectivity index (χ1v) is 7.76. The summed E-state index contributed by atoms with van der Waals surface area (Å²) in [5.74, 6) is -0.200. The number of para-hydroxylation sites is 1. The maximum Gasteiger partial charge on any atom is 0.307 e. The lowest BCUT2D eigenvalue weighted by Crippen LogP contribution is -2.29. The van der Waals surface area contributed by atoms with Gasteiger partial charge in [0.1, 0.15) is 0 Å². The molecule has 1 heterocycles. The van der Waals surface area contributed by atoms with E-state index in [1.807, 2.05) is 30.5 Å². The Balaban J connectivity index is 1.97. The summed E-state index contributed by atoms with van der Waals surface area (Å²) in [5, 5.41) is 10.6. The SMILES string of the molecule is CCC1CCC(C(=O)O)C(c2cnc3ccccc3c2)C1. The van der Waals surface area contributed by atoms with Gasteiger partial charge in [-0.05, 0) is 48.8 Å². The van der Waals surface area contributed by atoms with Crippen LogP contribution in [0.4, 0.5) is 0 Å². The molecule has 2 aromatic rings. The second-order valence-corrected chi connectivity index (χ2v) is 6.10. The van der Waals surface area contributed by atoms with E-state index in [4.69, 9.17) is 0 Å². The van der Waals surface area contributed by atoms with E-state index in [-0.39, 0.29) is 11.8 Å². The van der Waals surface area contributed by atoms with Crippen molar-refractivity contribution < 1.29 is 9.90 Å². The number of hydrogen-bond donors (Lipinski definition) is 1. The van der Waals surface area contributed by atoms with Crippen molar-refractivity contribution in [3.8, 4) is 0 Å². The highest BCUT2D eigenvalue weighted by Crippen LogP contribution is 2.42. The highest BCUT2D eigenvalue weighted by molar-refractivity contribution is 5.79. The highest BCUT2D eigenvalue weighted by atomic mass is 16.4. The van der Waals surface area contributed by atoms with Crippen LogP contribution in [0, 0.1) is 11.8 Å². The van der Waals surface area contributed by atoms with Crippen molar-refractivity contribution in [1.82, 2.24) is 4.98 Å². The van der Waals surface area contributed by atoms with Crippen LogP contribution in [0.1, 0.15) is 44.1 Å². The van der Waals surface area contributed by atoms with Crippen molar-refractivity contribution in [3.05, 3.63) is 42.1 Å². The van der Waals surface area contributed by atoms with E-state index in [9.17, 15) is 9.90 Å². The van der Waals surface area contributed by atoms with Crippen molar-refractivity contribution in [1.29, 1.82) is 0 Å². The quantitative estimate of drug-likeness (QED) is 0.917. The van der Waals surface area contributed by atoms with Gasteiger partial charge >= 0.3 is 5.97 Å². The first-order valence-electron chi connectivity index (χ1n) is 7.76. The third-order valence-corrected chi connectivity index (χ3v) is 4.89. The van der Waals surface area contributed by atoms with Crippen LogP contribution in [0.3, 0.4) is 0 Å². The topological polar surface area (TPSA) is 50.2 Å². The van der Waals surface area contributed by atoms with Crippen LogP contribution in [0.5, 0.6) is 0 Å². The van der Waals surface area contributed by atoms with E-state index in [1.165, 1.54) is 0 Å². The minimum atomic E-state index is -0.664. The van der Waals surface area contributed by atoms with Crippen LogP contribution in [-0.2, 0) is 4.79 Å². The Hall–Kier alpha value is -1.90. The van der Waals surface area contributed by atoms with Crippen molar-refractivity contribution in [2.24, 2.45) is 11.8 Å². The van der Waals surface area contributed by atoms with Crippen LogP contribution in [-0.4, -0.2) is 16.1 Å². The summed E-state index contributed by atoms with van der Waals surface area (Å²) >= 11 is 0. The molecular formula is C18H21NO2. The maximum absolute atomic E-state index is 11.6. The number of aromatic nitrogens is 1. The van der Waals surface area contributed by atoms with Crippen LogP contribution in [0.15, 0.2) is 36.5 Å². The monoisotopic (exact) mass is 283 g/mol. The second kappa shape index (κ2) is 5.84. The van der Waals surface area contributed by atoms with Gasteiger partial charge < -0.3 is 5.11 Å². The number of hydrogen-bond acceptors (Lipinski definition) is 2. The first kappa shape index (κ1) is 14.1. The molecule has 21 heavy (non-hydrogen) atoms. The Labute approximate surface area is 125 Å². The van der Waals surface area contributed by atoms with Crippen LogP contribution < -0.4 is 0 Å². The molecule has 1 aromatic carbocycles. The van der Waals surface area contributed by atoms with Gasteiger partial charge in [-0.2, -0.15) is 0 Å². The summed E-state index contributed by atoms with van der Waals surface area (Å²) in [6.07, 6.45) is 5.79.